The zero-order valence-electron chi connectivity index (χ0n) is 13.4. The van der Waals surface area contributed by atoms with Gasteiger partial charge in [-0.05, 0) is 30.2 Å². The summed E-state index contributed by atoms with van der Waals surface area (Å²) in [6.07, 6.45) is -1.97. The van der Waals surface area contributed by atoms with E-state index in [1.807, 2.05) is 18.0 Å². The lowest BCUT2D eigenvalue weighted by molar-refractivity contribution is -0.137. The number of rotatable bonds is 4. The average Bonchev–Trinajstić information content (AvgIpc) is 3.10. The number of hydrogen-bond donors (Lipinski definition) is 1. The smallest absolute Gasteiger partial charge is 0.392 e. The van der Waals surface area contributed by atoms with Crippen LogP contribution in [0.15, 0.2) is 36.5 Å². The van der Waals surface area contributed by atoms with Gasteiger partial charge in [0.1, 0.15) is 0 Å². The van der Waals surface area contributed by atoms with Crippen molar-refractivity contribution < 1.29 is 18.3 Å². The molecule has 2 heterocycles. The summed E-state index contributed by atoms with van der Waals surface area (Å²) in [6.45, 7) is 1.14. The highest BCUT2D eigenvalue weighted by Crippen LogP contribution is 2.36. The minimum Gasteiger partial charge on any atom is -0.392 e. The first-order valence-electron chi connectivity index (χ1n) is 7.91. The van der Waals surface area contributed by atoms with E-state index in [0.29, 0.717) is 25.1 Å². The first kappa shape index (κ1) is 17.0. The van der Waals surface area contributed by atoms with Gasteiger partial charge in [0, 0.05) is 44.5 Å². The second kappa shape index (κ2) is 6.57. The Labute approximate surface area is 138 Å². The maximum absolute atomic E-state index is 12.9. The van der Waals surface area contributed by atoms with Gasteiger partial charge in [-0.1, -0.05) is 12.1 Å². The number of β-amino-alcohol motifs (C(OH)–C–C–N with tert-alkyl or cyclic N) is 1. The molecule has 0 aliphatic carbocycles. The van der Waals surface area contributed by atoms with Crippen molar-refractivity contribution in [2.45, 2.75) is 31.2 Å². The summed E-state index contributed by atoms with van der Waals surface area (Å²) in [6, 6.07) is 7.13. The van der Waals surface area contributed by atoms with E-state index in [9.17, 15) is 18.3 Å². The molecular formula is C17H20F3N3O. The van der Waals surface area contributed by atoms with Crippen LogP contribution in [0.2, 0.25) is 0 Å². The molecule has 0 radical (unpaired) electrons. The highest BCUT2D eigenvalue weighted by molar-refractivity contribution is 5.29. The Morgan fingerprint density at radius 3 is 2.75 bits per heavy atom. The fourth-order valence-corrected chi connectivity index (χ4v) is 3.30. The molecule has 24 heavy (non-hydrogen) atoms. The van der Waals surface area contributed by atoms with E-state index in [2.05, 4.69) is 5.10 Å². The molecule has 1 aliphatic rings. The van der Waals surface area contributed by atoms with E-state index in [4.69, 9.17) is 0 Å². The van der Waals surface area contributed by atoms with E-state index >= 15 is 0 Å². The number of hydrogen-bond acceptors (Lipinski definition) is 3. The van der Waals surface area contributed by atoms with Crippen LogP contribution in [-0.2, 0) is 19.6 Å². The summed E-state index contributed by atoms with van der Waals surface area (Å²) in [5, 5.41) is 14.1. The summed E-state index contributed by atoms with van der Waals surface area (Å²) in [7, 11) is 1.86. The number of nitrogens with zero attached hydrogens (tertiary/aromatic N) is 3. The van der Waals surface area contributed by atoms with Crippen molar-refractivity contribution in [1.82, 2.24) is 14.7 Å². The molecule has 2 atom stereocenters. The summed E-state index contributed by atoms with van der Waals surface area (Å²) in [4.78, 5) is 2.05. The third-order valence-corrected chi connectivity index (χ3v) is 4.56. The fourth-order valence-electron chi connectivity index (χ4n) is 3.30. The number of alkyl halides is 3. The van der Waals surface area contributed by atoms with E-state index in [0.717, 1.165) is 18.2 Å². The van der Waals surface area contributed by atoms with Crippen LogP contribution in [0.3, 0.4) is 0 Å². The monoisotopic (exact) mass is 339 g/mol. The molecule has 1 saturated heterocycles. The second-order valence-electron chi connectivity index (χ2n) is 6.22. The van der Waals surface area contributed by atoms with Crippen LogP contribution in [0.25, 0.3) is 0 Å². The largest absolute Gasteiger partial charge is 0.416 e. The Morgan fingerprint density at radius 2 is 2.08 bits per heavy atom. The number of likely N-dealkylation sites (tertiary alicyclic amines) is 1. The topological polar surface area (TPSA) is 41.3 Å². The van der Waals surface area contributed by atoms with Crippen molar-refractivity contribution in [3.63, 3.8) is 0 Å². The number of halogens is 3. The first-order valence-corrected chi connectivity index (χ1v) is 7.91. The second-order valence-corrected chi connectivity index (χ2v) is 6.22. The molecule has 0 saturated carbocycles. The average molecular weight is 339 g/mol. The van der Waals surface area contributed by atoms with Crippen LogP contribution < -0.4 is 0 Å². The van der Waals surface area contributed by atoms with Gasteiger partial charge in [-0.15, -0.1) is 0 Å². The van der Waals surface area contributed by atoms with Crippen LogP contribution in [0.4, 0.5) is 13.2 Å². The zero-order chi connectivity index (χ0) is 17.3. The third kappa shape index (κ3) is 3.62. The molecule has 4 nitrogen and oxygen atoms in total. The molecule has 1 aromatic carbocycles. The Balaban J connectivity index is 1.77. The van der Waals surface area contributed by atoms with Crippen LogP contribution in [0.5, 0.6) is 0 Å². The van der Waals surface area contributed by atoms with Gasteiger partial charge in [0.05, 0.1) is 11.7 Å². The van der Waals surface area contributed by atoms with E-state index in [1.165, 1.54) is 12.1 Å². The Bertz CT molecular complexity index is 698. The lowest BCUT2D eigenvalue weighted by Crippen LogP contribution is -2.27. The highest BCUT2D eigenvalue weighted by atomic mass is 19.4. The standard InChI is InChI=1S/C17H20F3N3O/c1-22-14(5-7-21-22)6-8-23-11-15(24)10-16(23)12-3-2-4-13(9-12)17(18,19)20/h2-5,7,9,15-16,24H,6,8,10-11H2,1H3/t15-,16+/m1/s1. The molecule has 3 rings (SSSR count). The molecule has 7 heteroatoms. The van der Waals surface area contributed by atoms with Gasteiger partial charge >= 0.3 is 6.18 Å². The third-order valence-electron chi connectivity index (χ3n) is 4.56. The van der Waals surface area contributed by atoms with Crippen molar-refractivity contribution >= 4 is 0 Å². The predicted molar refractivity (Wildman–Crippen MR) is 83.3 cm³/mol. The molecule has 0 bridgehead atoms. The number of aromatic nitrogens is 2. The molecule has 1 N–H and O–H groups in total. The number of aliphatic hydroxyl groups is 1. The van der Waals surface area contributed by atoms with Crippen molar-refractivity contribution in [3.8, 4) is 0 Å². The minimum atomic E-state index is -4.35. The summed E-state index contributed by atoms with van der Waals surface area (Å²) < 4.78 is 40.6. The number of aliphatic hydroxyl groups excluding tert-OH is 1. The molecule has 1 fully saturated rings. The lowest BCUT2D eigenvalue weighted by Gasteiger charge is -2.25. The Hall–Kier alpha value is -1.86. The maximum atomic E-state index is 12.9. The van der Waals surface area contributed by atoms with Gasteiger partial charge in [0.15, 0.2) is 0 Å². The summed E-state index contributed by atoms with van der Waals surface area (Å²) in [5.41, 5.74) is 1.01. The number of aryl methyl sites for hydroxylation is 1. The van der Waals surface area contributed by atoms with Crippen LogP contribution >= 0.6 is 0 Å². The van der Waals surface area contributed by atoms with E-state index in [1.54, 1.807) is 16.9 Å². The summed E-state index contributed by atoms with van der Waals surface area (Å²) in [5.74, 6) is 0. The SMILES string of the molecule is Cn1nccc1CCN1C[C@H](O)C[C@H]1c1cccc(C(F)(F)F)c1. The Kier molecular flexibility index (Phi) is 4.64. The maximum Gasteiger partial charge on any atom is 0.416 e. The molecule has 1 aromatic heterocycles. The molecule has 2 aromatic rings. The van der Waals surface area contributed by atoms with Crippen LogP contribution in [-0.4, -0.2) is 39.0 Å². The molecule has 0 spiro atoms. The molecule has 0 unspecified atom stereocenters. The van der Waals surface area contributed by atoms with Crippen LogP contribution in [0.1, 0.15) is 29.3 Å². The van der Waals surface area contributed by atoms with Crippen molar-refractivity contribution in [3.05, 3.63) is 53.3 Å². The van der Waals surface area contributed by atoms with Gasteiger partial charge in [-0.25, -0.2) is 0 Å². The van der Waals surface area contributed by atoms with Gasteiger partial charge in [-0.2, -0.15) is 18.3 Å². The molecule has 1 aliphatic heterocycles. The van der Waals surface area contributed by atoms with Gasteiger partial charge in [-0.3, -0.25) is 9.58 Å². The van der Waals surface area contributed by atoms with Crippen LogP contribution in [0, 0.1) is 0 Å². The summed E-state index contributed by atoms with van der Waals surface area (Å²) >= 11 is 0. The molecule has 0 amide bonds. The van der Waals surface area contributed by atoms with Crippen molar-refractivity contribution in [2.24, 2.45) is 7.05 Å². The van der Waals surface area contributed by atoms with Gasteiger partial charge in [0.2, 0.25) is 0 Å². The van der Waals surface area contributed by atoms with Gasteiger partial charge in [0.25, 0.3) is 0 Å². The quantitative estimate of drug-likeness (QED) is 0.931. The van der Waals surface area contributed by atoms with Crippen molar-refractivity contribution in [2.75, 3.05) is 13.1 Å². The highest BCUT2D eigenvalue weighted by Gasteiger charge is 2.35. The molecule has 130 valence electrons. The first-order chi connectivity index (χ1) is 11.3. The van der Waals surface area contributed by atoms with E-state index < -0.39 is 17.8 Å². The zero-order valence-corrected chi connectivity index (χ0v) is 13.4. The van der Waals surface area contributed by atoms with Gasteiger partial charge < -0.3 is 5.11 Å². The normalized spacial score (nSPS) is 22.2. The fraction of sp³-hybridized carbons (Fsp3) is 0.471. The molecular weight excluding hydrogens is 319 g/mol. The Morgan fingerprint density at radius 1 is 1.29 bits per heavy atom. The lowest BCUT2D eigenvalue weighted by atomic mass is 10.0. The van der Waals surface area contributed by atoms with E-state index in [-0.39, 0.29) is 6.04 Å². The van der Waals surface area contributed by atoms with Crippen molar-refractivity contribution in [1.29, 1.82) is 0 Å². The predicted octanol–water partition coefficient (Wildman–Crippen LogP) is 2.79. The minimum absolute atomic E-state index is 0.199. The number of benzene rings is 1.